The number of hydrogen-bond donors (Lipinski definition) is 1. The molecule has 1 aromatic carbocycles. The Hall–Kier alpha value is -2.04. The Morgan fingerprint density at radius 1 is 1.00 bits per heavy atom. The third-order valence-corrected chi connectivity index (χ3v) is 4.76. The first-order valence-corrected chi connectivity index (χ1v) is 8.90. The van der Waals surface area contributed by atoms with Crippen LogP contribution >= 0.6 is 0 Å². The highest BCUT2D eigenvalue weighted by atomic mass is 16.6. The summed E-state index contributed by atoms with van der Waals surface area (Å²) in [4.78, 5) is 23.5. The molecule has 24 heavy (non-hydrogen) atoms. The SMILES string of the molecule is O=C(COC(=O)COc1ccc2c(c1)CCC2)NC1CCCCC1. The maximum absolute atomic E-state index is 11.8. The fraction of sp³-hybridized carbons (Fsp3) is 0.579. The van der Waals surface area contributed by atoms with E-state index < -0.39 is 5.97 Å². The Morgan fingerprint density at radius 2 is 1.79 bits per heavy atom. The lowest BCUT2D eigenvalue weighted by Crippen LogP contribution is -2.39. The fourth-order valence-electron chi connectivity index (χ4n) is 3.48. The minimum absolute atomic E-state index is 0.171. The van der Waals surface area contributed by atoms with Gasteiger partial charge in [-0.25, -0.2) is 4.79 Å². The van der Waals surface area contributed by atoms with Crippen molar-refractivity contribution in [2.24, 2.45) is 0 Å². The van der Waals surface area contributed by atoms with Gasteiger partial charge in [0.25, 0.3) is 5.91 Å². The Kier molecular flexibility index (Phi) is 5.72. The molecule has 0 aromatic heterocycles. The van der Waals surface area contributed by atoms with Crippen LogP contribution in [0.3, 0.4) is 0 Å². The van der Waals surface area contributed by atoms with E-state index >= 15 is 0 Å². The van der Waals surface area contributed by atoms with Gasteiger partial charge in [0, 0.05) is 6.04 Å². The van der Waals surface area contributed by atoms with E-state index in [9.17, 15) is 9.59 Å². The van der Waals surface area contributed by atoms with Crippen molar-refractivity contribution < 1.29 is 19.1 Å². The van der Waals surface area contributed by atoms with Crippen LogP contribution < -0.4 is 10.1 Å². The van der Waals surface area contributed by atoms with Crippen molar-refractivity contribution >= 4 is 11.9 Å². The van der Waals surface area contributed by atoms with Crippen molar-refractivity contribution in [3.8, 4) is 5.75 Å². The number of benzene rings is 1. The molecule has 1 amide bonds. The number of fused-ring (bicyclic) bond motifs is 1. The summed E-state index contributed by atoms with van der Waals surface area (Å²) in [6, 6.07) is 6.16. The molecule has 1 fully saturated rings. The number of rotatable bonds is 6. The molecule has 5 nitrogen and oxygen atoms in total. The average Bonchev–Trinajstić information content (AvgIpc) is 3.07. The zero-order valence-electron chi connectivity index (χ0n) is 14.0. The Balaban J connectivity index is 1.35. The number of nitrogens with one attached hydrogen (secondary N) is 1. The smallest absolute Gasteiger partial charge is 0.344 e. The number of esters is 1. The molecular formula is C19H25NO4. The molecule has 2 aliphatic rings. The summed E-state index contributed by atoms with van der Waals surface area (Å²) in [5.74, 6) is -0.0682. The van der Waals surface area contributed by atoms with Gasteiger partial charge in [-0.1, -0.05) is 25.3 Å². The highest BCUT2D eigenvalue weighted by molar-refractivity contribution is 5.81. The lowest BCUT2D eigenvalue weighted by Gasteiger charge is -2.22. The minimum atomic E-state index is -0.519. The lowest BCUT2D eigenvalue weighted by molar-refractivity contribution is -0.150. The van der Waals surface area contributed by atoms with E-state index in [0.29, 0.717) is 5.75 Å². The molecule has 0 radical (unpaired) electrons. The van der Waals surface area contributed by atoms with E-state index in [0.717, 1.165) is 38.5 Å². The van der Waals surface area contributed by atoms with Crippen LogP contribution in [-0.4, -0.2) is 31.1 Å². The second-order valence-electron chi connectivity index (χ2n) is 6.64. The lowest BCUT2D eigenvalue weighted by atomic mass is 9.95. The molecule has 130 valence electrons. The third kappa shape index (κ3) is 4.73. The van der Waals surface area contributed by atoms with E-state index in [1.54, 1.807) is 0 Å². The topological polar surface area (TPSA) is 64.6 Å². The molecule has 1 N–H and O–H groups in total. The molecule has 1 aromatic rings. The van der Waals surface area contributed by atoms with Crippen LogP contribution in [0, 0.1) is 0 Å². The minimum Gasteiger partial charge on any atom is -0.482 e. The van der Waals surface area contributed by atoms with Crippen LogP contribution in [0.15, 0.2) is 18.2 Å². The number of aryl methyl sites for hydroxylation is 2. The second kappa shape index (κ2) is 8.18. The highest BCUT2D eigenvalue weighted by Crippen LogP contribution is 2.26. The van der Waals surface area contributed by atoms with Crippen molar-refractivity contribution in [1.29, 1.82) is 0 Å². The van der Waals surface area contributed by atoms with Crippen LogP contribution in [0.2, 0.25) is 0 Å². The standard InChI is InChI=1S/C19H25NO4/c21-18(20-16-7-2-1-3-8-16)12-24-19(22)13-23-17-10-9-14-5-4-6-15(14)11-17/h9-11,16H,1-8,12-13H2,(H,20,21). The van der Waals surface area contributed by atoms with Crippen LogP contribution in [-0.2, 0) is 27.2 Å². The zero-order chi connectivity index (χ0) is 16.8. The fourth-order valence-corrected chi connectivity index (χ4v) is 3.48. The maximum atomic E-state index is 11.8. The van der Waals surface area contributed by atoms with Gasteiger partial charge in [0.2, 0.25) is 0 Å². The first-order chi connectivity index (χ1) is 11.7. The quantitative estimate of drug-likeness (QED) is 0.814. The Labute approximate surface area is 142 Å². The molecule has 1 saturated carbocycles. The summed E-state index contributed by atoms with van der Waals surface area (Å²) < 4.78 is 10.5. The number of ether oxygens (including phenoxy) is 2. The van der Waals surface area contributed by atoms with Crippen molar-refractivity contribution in [3.05, 3.63) is 29.3 Å². The van der Waals surface area contributed by atoms with Gasteiger partial charge < -0.3 is 14.8 Å². The van der Waals surface area contributed by atoms with Gasteiger partial charge in [0.1, 0.15) is 5.75 Å². The van der Waals surface area contributed by atoms with Crippen LogP contribution in [0.5, 0.6) is 5.75 Å². The van der Waals surface area contributed by atoms with E-state index in [-0.39, 0.29) is 25.2 Å². The first kappa shape index (κ1) is 16.8. The van der Waals surface area contributed by atoms with Gasteiger partial charge >= 0.3 is 5.97 Å². The molecule has 0 bridgehead atoms. The monoisotopic (exact) mass is 331 g/mol. The molecule has 0 unspecified atom stereocenters. The average molecular weight is 331 g/mol. The van der Waals surface area contributed by atoms with Gasteiger partial charge in [-0.15, -0.1) is 0 Å². The largest absolute Gasteiger partial charge is 0.482 e. The molecule has 0 spiro atoms. The number of carbonyl (C=O) groups excluding carboxylic acids is 2. The van der Waals surface area contributed by atoms with E-state index in [1.807, 2.05) is 12.1 Å². The van der Waals surface area contributed by atoms with Crippen molar-refractivity contribution in [2.45, 2.75) is 57.4 Å². The van der Waals surface area contributed by atoms with Gasteiger partial charge in [0.15, 0.2) is 13.2 Å². The molecular weight excluding hydrogens is 306 g/mol. The predicted octanol–water partition coefficient (Wildman–Crippen LogP) is 2.55. The van der Waals surface area contributed by atoms with Crippen LogP contribution in [0.1, 0.15) is 49.7 Å². The summed E-state index contributed by atoms with van der Waals surface area (Å²) in [6.07, 6.45) is 8.94. The Bertz CT molecular complexity index is 593. The number of carbonyl (C=O) groups is 2. The van der Waals surface area contributed by atoms with Crippen molar-refractivity contribution in [3.63, 3.8) is 0 Å². The van der Waals surface area contributed by atoms with Gasteiger partial charge in [0.05, 0.1) is 0 Å². The molecule has 3 rings (SSSR count). The molecule has 0 aliphatic heterocycles. The van der Waals surface area contributed by atoms with Gasteiger partial charge in [-0.05, 0) is 55.4 Å². The zero-order valence-corrected chi connectivity index (χ0v) is 14.0. The van der Waals surface area contributed by atoms with E-state index in [4.69, 9.17) is 9.47 Å². The summed E-state index contributed by atoms with van der Waals surface area (Å²) in [6.45, 7) is -0.404. The second-order valence-corrected chi connectivity index (χ2v) is 6.64. The molecule has 0 saturated heterocycles. The van der Waals surface area contributed by atoms with Crippen molar-refractivity contribution in [2.75, 3.05) is 13.2 Å². The van der Waals surface area contributed by atoms with Gasteiger partial charge in [-0.3, -0.25) is 4.79 Å². The van der Waals surface area contributed by atoms with E-state index in [1.165, 1.54) is 24.0 Å². The predicted molar refractivity (Wildman–Crippen MR) is 89.9 cm³/mol. The number of amides is 1. The van der Waals surface area contributed by atoms with E-state index in [2.05, 4.69) is 11.4 Å². The molecule has 5 heteroatoms. The Morgan fingerprint density at radius 3 is 2.62 bits per heavy atom. The van der Waals surface area contributed by atoms with Crippen LogP contribution in [0.4, 0.5) is 0 Å². The molecule has 0 atom stereocenters. The summed E-state index contributed by atoms with van der Waals surface area (Å²) in [5.41, 5.74) is 2.66. The summed E-state index contributed by atoms with van der Waals surface area (Å²) in [5, 5.41) is 2.92. The molecule has 2 aliphatic carbocycles. The normalized spacial score (nSPS) is 17.2. The van der Waals surface area contributed by atoms with Gasteiger partial charge in [-0.2, -0.15) is 0 Å². The first-order valence-electron chi connectivity index (χ1n) is 8.90. The maximum Gasteiger partial charge on any atom is 0.344 e. The summed E-state index contributed by atoms with van der Waals surface area (Å²) in [7, 11) is 0. The molecule has 0 heterocycles. The highest BCUT2D eigenvalue weighted by Gasteiger charge is 2.17. The van der Waals surface area contributed by atoms with Crippen LogP contribution in [0.25, 0.3) is 0 Å². The third-order valence-electron chi connectivity index (χ3n) is 4.76. The number of hydrogen-bond acceptors (Lipinski definition) is 4. The summed E-state index contributed by atoms with van der Waals surface area (Å²) >= 11 is 0. The van der Waals surface area contributed by atoms with Crippen molar-refractivity contribution in [1.82, 2.24) is 5.32 Å².